The van der Waals surface area contributed by atoms with Crippen molar-refractivity contribution < 1.29 is 19.4 Å². The predicted octanol–water partition coefficient (Wildman–Crippen LogP) is 1.28. The number of nitrogens with one attached hydrogen (secondary N) is 1. The molecule has 1 aliphatic rings. The van der Waals surface area contributed by atoms with Gasteiger partial charge in [-0.1, -0.05) is 30.3 Å². The third kappa shape index (κ3) is 4.21. The van der Waals surface area contributed by atoms with Gasteiger partial charge in [-0.05, 0) is 25.3 Å². The Morgan fingerprint density at radius 2 is 2.14 bits per heavy atom. The van der Waals surface area contributed by atoms with Crippen LogP contribution >= 0.6 is 0 Å². The molecule has 22 heavy (non-hydrogen) atoms. The quantitative estimate of drug-likeness (QED) is 0.859. The second kappa shape index (κ2) is 7.79. The molecular formula is C16H22N2O4. The first kappa shape index (κ1) is 16.3. The highest BCUT2D eigenvalue weighted by Gasteiger charge is 2.35. The van der Waals surface area contributed by atoms with Crippen LogP contribution in [0.25, 0.3) is 0 Å². The van der Waals surface area contributed by atoms with Crippen molar-refractivity contribution in [3.8, 4) is 0 Å². The van der Waals surface area contributed by atoms with Gasteiger partial charge in [-0.15, -0.1) is 0 Å². The van der Waals surface area contributed by atoms with E-state index in [0.29, 0.717) is 13.0 Å². The molecule has 2 atom stereocenters. The van der Waals surface area contributed by atoms with E-state index in [2.05, 4.69) is 5.32 Å². The zero-order valence-corrected chi connectivity index (χ0v) is 12.7. The number of ether oxygens (including phenoxy) is 1. The van der Waals surface area contributed by atoms with Gasteiger partial charge in [-0.2, -0.15) is 0 Å². The standard InChI is InChI=1S/C16H22N2O4/c1-12(10-19)17-15(20)14-8-5-9-18(14)16(21)22-11-13-6-3-2-4-7-13/h2-4,6-7,12,14,19H,5,8-11H2,1H3,(H,17,20)/t12?,14-/m0/s1. The Morgan fingerprint density at radius 3 is 2.82 bits per heavy atom. The third-order valence-corrected chi connectivity index (χ3v) is 3.66. The van der Waals surface area contributed by atoms with Crippen molar-refractivity contribution in [2.45, 2.75) is 38.5 Å². The zero-order valence-electron chi connectivity index (χ0n) is 12.7. The van der Waals surface area contributed by atoms with Crippen LogP contribution in [0.15, 0.2) is 30.3 Å². The van der Waals surface area contributed by atoms with Crippen LogP contribution in [0.3, 0.4) is 0 Å². The van der Waals surface area contributed by atoms with Gasteiger partial charge in [0.15, 0.2) is 0 Å². The molecule has 6 heteroatoms. The maximum atomic E-state index is 12.2. The van der Waals surface area contributed by atoms with Gasteiger partial charge in [0.25, 0.3) is 0 Å². The number of likely N-dealkylation sites (tertiary alicyclic amines) is 1. The summed E-state index contributed by atoms with van der Waals surface area (Å²) in [5, 5.41) is 11.7. The summed E-state index contributed by atoms with van der Waals surface area (Å²) in [6.45, 7) is 2.29. The van der Waals surface area contributed by atoms with Gasteiger partial charge in [0, 0.05) is 12.6 Å². The molecule has 0 spiro atoms. The molecule has 120 valence electrons. The van der Waals surface area contributed by atoms with Crippen molar-refractivity contribution in [3.05, 3.63) is 35.9 Å². The molecule has 2 amide bonds. The maximum absolute atomic E-state index is 12.2. The van der Waals surface area contributed by atoms with Crippen LogP contribution in [0.1, 0.15) is 25.3 Å². The van der Waals surface area contributed by atoms with Crippen LogP contribution in [0, 0.1) is 0 Å². The van der Waals surface area contributed by atoms with E-state index in [9.17, 15) is 9.59 Å². The monoisotopic (exact) mass is 306 g/mol. The third-order valence-electron chi connectivity index (χ3n) is 3.66. The van der Waals surface area contributed by atoms with E-state index in [0.717, 1.165) is 12.0 Å². The van der Waals surface area contributed by atoms with Gasteiger partial charge < -0.3 is 15.2 Å². The summed E-state index contributed by atoms with van der Waals surface area (Å²) >= 11 is 0. The topological polar surface area (TPSA) is 78.9 Å². The van der Waals surface area contributed by atoms with E-state index >= 15 is 0 Å². The molecule has 0 radical (unpaired) electrons. The van der Waals surface area contributed by atoms with Gasteiger partial charge >= 0.3 is 6.09 Å². The fraction of sp³-hybridized carbons (Fsp3) is 0.500. The first-order chi connectivity index (χ1) is 10.6. The minimum absolute atomic E-state index is 0.128. The fourth-order valence-corrected chi connectivity index (χ4v) is 2.44. The van der Waals surface area contributed by atoms with Crippen molar-refractivity contribution in [1.29, 1.82) is 0 Å². The second-order valence-corrected chi connectivity index (χ2v) is 5.48. The van der Waals surface area contributed by atoms with Gasteiger partial charge in [0.05, 0.1) is 6.61 Å². The van der Waals surface area contributed by atoms with Gasteiger partial charge in [-0.25, -0.2) is 4.79 Å². The predicted molar refractivity (Wildman–Crippen MR) is 81.0 cm³/mol. The van der Waals surface area contributed by atoms with Crippen LogP contribution in [0.4, 0.5) is 4.79 Å². The number of hydrogen-bond donors (Lipinski definition) is 2. The summed E-state index contributed by atoms with van der Waals surface area (Å²) in [5.74, 6) is -0.240. The van der Waals surface area contributed by atoms with Crippen LogP contribution in [0.2, 0.25) is 0 Å². The second-order valence-electron chi connectivity index (χ2n) is 5.48. The highest BCUT2D eigenvalue weighted by atomic mass is 16.6. The van der Waals surface area contributed by atoms with E-state index in [1.54, 1.807) is 6.92 Å². The minimum atomic E-state index is -0.516. The highest BCUT2D eigenvalue weighted by Crippen LogP contribution is 2.19. The lowest BCUT2D eigenvalue weighted by atomic mass is 10.2. The van der Waals surface area contributed by atoms with Crippen LogP contribution < -0.4 is 5.32 Å². The van der Waals surface area contributed by atoms with Crippen molar-refractivity contribution in [2.75, 3.05) is 13.2 Å². The van der Waals surface area contributed by atoms with E-state index < -0.39 is 12.1 Å². The van der Waals surface area contributed by atoms with Gasteiger partial charge in [0.1, 0.15) is 12.6 Å². The molecule has 0 aromatic heterocycles. The first-order valence-corrected chi connectivity index (χ1v) is 7.50. The van der Waals surface area contributed by atoms with E-state index in [4.69, 9.17) is 9.84 Å². The van der Waals surface area contributed by atoms with Crippen molar-refractivity contribution in [1.82, 2.24) is 10.2 Å². The van der Waals surface area contributed by atoms with Crippen LogP contribution in [-0.2, 0) is 16.1 Å². The Kier molecular flexibility index (Phi) is 5.77. The molecular weight excluding hydrogens is 284 g/mol. The Labute approximate surface area is 130 Å². The number of hydrogen-bond acceptors (Lipinski definition) is 4. The number of rotatable bonds is 5. The number of carbonyl (C=O) groups excluding carboxylic acids is 2. The average Bonchev–Trinajstić information content (AvgIpc) is 3.03. The largest absolute Gasteiger partial charge is 0.445 e. The molecule has 6 nitrogen and oxygen atoms in total. The minimum Gasteiger partial charge on any atom is -0.445 e. The number of aliphatic hydroxyl groups excluding tert-OH is 1. The molecule has 0 bridgehead atoms. The summed E-state index contributed by atoms with van der Waals surface area (Å²) in [6, 6.07) is 8.58. The molecule has 1 aromatic carbocycles. The average molecular weight is 306 g/mol. The number of amides is 2. The molecule has 1 aromatic rings. The molecule has 1 heterocycles. The smallest absolute Gasteiger partial charge is 0.410 e. The van der Waals surface area contributed by atoms with Crippen molar-refractivity contribution in [3.63, 3.8) is 0 Å². The molecule has 1 aliphatic heterocycles. The van der Waals surface area contributed by atoms with Gasteiger partial charge in [0.2, 0.25) is 5.91 Å². The lowest BCUT2D eigenvalue weighted by Crippen LogP contribution is -2.49. The molecule has 0 aliphatic carbocycles. The molecule has 0 saturated carbocycles. The molecule has 1 saturated heterocycles. The van der Waals surface area contributed by atoms with Gasteiger partial charge in [-0.3, -0.25) is 9.69 Å². The lowest BCUT2D eigenvalue weighted by molar-refractivity contribution is -0.126. The number of nitrogens with zero attached hydrogens (tertiary/aromatic N) is 1. The first-order valence-electron chi connectivity index (χ1n) is 7.50. The van der Waals surface area contributed by atoms with E-state index in [1.165, 1.54) is 4.90 Å². The Morgan fingerprint density at radius 1 is 1.41 bits per heavy atom. The SMILES string of the molecule is CC(CO)NC(=O)[C@@H]1CCCN1C(=O)OCc1ccccc1. The van der Waals surface area contributed by atoms with Crippen LogP contribution in [0.5, 0.6) is 0 Å². The Hall–Kier alpha value is -2.08. The molecule has 1 fully saturated rings. The van der Waals surface area contributed by atoms with Crippen LogP contribution in [-0.4, -0.2) is 47.2 Å². The molecule has 1 unspecified atom stereocenters. The Balaban J connectivity index is 1.89. The zero-order chi connectivity index (χ0) is 15.9. The van der Waals surface area contributed by atoms with Crippen molar-refractivity contribution in [2.24, 2.45) is 0 Å². The number of carbonyl (C=O) groups is 2. The summed E-state index contributed by atoms with van der Waals surface area (Å²) in [7, 11) is 0. The number of benzene rings is 1. The summed E-state index contributed by atoms with van der Waals surface area (Å²) in [4.78, 5) is 25.8. The van der Waals surface area contributed by atoms with Crippen molar-refractivity contribution >= 4 is 12.0 Å². The van der Waals surface area contributed by atoms with E-state index in [-0.39, 0.29) is 25.2 Å². The normalized spacial score (nSPS) is 18.8. The fourth-order valence-electron chi connectivity index (χ4n) is 2.44. The molecule has 2 N–H and O–H groups in total. The highest BCUT2D eigenvalue weighted by molar-refractivity contribution is 5.86. The summed E-state index contributed by atoms with van der Waals surface area (Å²) in [5.41, 5.74) is 0.907. The maximum Gasteiger partial charge on any atom is 0.410 e. The summed E-state index contributed by atoms with van der Waals surface area (Å²) < 4.78 is 5.28. The van der Waals surface area contributed by atoms with E-state index in [1.807, 2.05) is 30.3 Å². The number of aliphatic hydroxyl groups is 1. The molecule has 2 rings (SSSR count). The Bertz CT molecular complexity index is 506. The summed E-state index contributed by atoms with van der Waals surface area (Å²) in [6.07, 6.45) is 0.911. The lowest BCUT2D eigenvalue weighted by Gasteiger charge is -2.24.